The highest BCUT2D eigenvalue weighted by molar-refractivity contribution is 7.99. The summed E-state index contributed by atoms with van der Waals surface area (Å²) in [4.78, 5) is 12.1. The van der Waals surface area contributed by atoms with Crippen molar-refractivity contribution in [3.05, 3.63) is 48.0 Å². The topological polar surface area (TPSA) is 110 Å². The van der Waals surface area contributed by atoms with Crippen molar-refractivity contribution in [1.29, 1.82) is 5.26 Å². The molecule has 0 saturated heterocycles. The molecule has 0 radical (unpaired) electrons. The first-order valence-electron chi connectivity index (χ1n) is 8.56. The number of carbonyl (C=O) groups is 1. The maximum atomic E-state index is 12.1. The van der Waals surface area contributed by atoms with E-state index in [2.05, 4.69) is 21.6 Å². The zero-order chi connectivity index (χ0) is 20.6. The second kappa shape index (κ2) is 9.61. The number of ether oxygens (including phenoxy) is 2. The van der Waals surface area contributed by atoms with Crippen LogP contribution in [0.25, 0.3) is 11.5 Å². The number of hydrogen-bond donors (Lipinski definition) is 1. The van der Waals surface area contributed by atoms with Crippen molar-refractivity contribution in [2.24, 2.45) is 0 Å². The van der Waals surface area contributed by atoms with Crippen molar-refractivity contribution in [1.82, 2.24) is 10.2 Å². The number of nitriles is 1. The van der Waals surface area contributed by atoms with Crippen molar-refractivity contribution in [3.8, 4) is 29.0 Å². The minimum Gasteiger partial charge on any atom is -0.497 e. The normalized spacial score (nSPS) is 10.2. The minimum atomic E-state index is -0.203. The predicted molar refractivity (Wildman–Crippen MR) is 108 cm³/mol. The molecule has 8 nitrogen and oxygen atoms in total. The third kappa shape index (κ3) is 5.49. The molecule has 148 valence electrons. The number of thioether (sulfide) groups is 1. The van der Waals surface area contributed by atoms with Crippen molar-refractivity contribution in [2.75, 3.05) is 25.3 Å². The molecular formula is C20H18N4O4S. The Bertz CT molecular complexity index is 1010. The Balaban J connectivity index is 1.59. The van der Waals surface area contributed by atoms with E-state index in [1.165, 1.54) is 0 Å². The maximum Gasteiger partial charge on any atom is 0.277 e. The largest absolute Gasteiger partial charge is 0.497 e. The van der Waals surface area contributed by atoms with Gasteiger partial charge in [0.05, 0.1) is 32.5 Å². The number of amides is 1. The number of nitrogens with zero attached hydrogens (tertiary/aromatic N) is 3. The molecule has 1 amide bonds. The lowest BCUT2D eigenvalue weighted by molar-refractivity contribution is -0.113. The number of nitrogens with one attached hydrogen (secondary N) is 1. The quantitative estimate of drug-likeness (QED) is 0.561. The SMILES string of the molecule is COc1cc(OC)cc(-c2nnc(SCC(=O)Nc3ccc(CC#N)cc3)o2)c1. The Hall–Kier alpha value is -3.51. The first-order valence-corrected chi connectivity index (χ1v) is 9.55. The molecule has 9 heteroatoms. The molecule has 1 heterocycles. The second-order valence-corrected chi connectivity index (χ2v) is 6.77. The van der Waals surface area contributed by atoms with E-state index in [9.17, 15) is 4.79 Å². The Morgan fingerprint density at radius 3 is 2.45 bits per heavy atom. The van der Waals surface area contributed by atoms with Gasteiger partial charge in [-0.15, -0.1) is 10.2 Å². The van der Waals surface area contributed by atoms with E-state index in [0.29, 0.717) is 35.1 Å². The number of carbonyl (C=O) groups excluding carboxylic acids is 1. The molecular weight excluding hydrogens is 392 g/mol. The molecule has 0 aliphatic carbocycles. The highest BCUT2D eigenvalue weighted by Crippen LogP contribution is 2.30. The average Bonchev–Trinajstić information content (AvgIpc) is 3.22. The summed E-state index contributed by atoms with van der Waals surface area (Å²) in [6.45, 7) is 0. The van der Waals surface area contributed by atoms with Gasteiger partial charge in [-0.2, -0.15) is 5.26 Å². The molecule has 0 spiro atoms. The van der Waals surface area contributed by atoms with Crippen LogP contribution in [0, 0.1) is 11.3 Å². The molecule has 0 aliphatic rings. The van der Waals surface area contributed by atoms with E-state index < -0.39 is 0 Å². The molecule has 2 aromatic carbocycles. The first kappa shape index (κ1) is 20.2. The summed E-state index contributed by atoms with van der Waals surface area (Å²) in [5.74, 6) is 1.42. The van der Waals surface area contributed by atoms with E-state index in [1.807, 2.05) is 0 Å². The second-order valence-electron chi connectivity index (χ2n) is 5.84. The lowest BCUT2D eigenvalue weighted by atomic mass is 10.1. The number of rotatable bonds is 8. The van der Waals surface area contributed by atoms with Gasteiger partial charge in [0, 0.05) is 17.3 Å². The number of anilines is 1. The van der Waals surface area contributed by atoms with Crippen LogP contribution in [-0.4, -0.2) is 36.1 Å². The van der Waals surface area contributed by atoms with E-state index in [1.54, 1.807) is 56.7 Å². The van der Waals surface area contributed by atoms with Crippen molar-refractivity contribution >= 4 is 23.4 Å². The van der Waals surface area contributed by atoms with Crippen LogP contribution in [0.2, 0.25) is 0 Å². The molecule has 0 bridgehead atoms. The van der Waals surface area contributed by atoms with E-state index in [0.717, 1.165) is 17.3 Å². The van der Waals surface area contributed by atoms with Crippen LogP contribution in [0.5, 0.6) is 11.5 Å². The van der Waals surface area contributed by atoms with Gasteiger partial charge < -0.3 is 19.2 Å². The van der Waals surface area contributed by atoms with Crippen LogP contribution in [0.3, 0.4) is 0 Å². The number of aromatic nitrogens is 2. The Morgan fingerprint density at radius 1 is 1.14 bits per heavy atom. The Labute approximate surface area is 171 Å². The average molecular weight is 410 g/mol. The highest BCUT2D eigenvalue weighted by Gasteiger charge is 2.13. The van der Waals surface area contributed by atoms with Gasteiger partial charge in [-0.25, -0.2) is 0 Å². The third-order valence-electron chi connectivity index (χ3n) is 3.85. The summed E-state index contributed by atoms with van der Waals surface area (Å²) >= 11 is 1.14. The summed E-state index contributed by atoms with van der Waals surface area (Å²) in [5.41, 5.74) is 2.21. The molecule has 1 aromatic heterocycles. The number of hydrogen-bond acceptors (Lipinski definition) is 8. The fourth-order valence-corrected chi connectivity index (χ4v) is 3.00. The van der Waals surface area contributed by atoms with Crippen LogP contribution >= 0.6 is 11.8 Å². The predicted octanol–water partition coefficient (Wildman–Crippen LogP) is 3.55. The monoisotopic (exact) mass is 410 g/mol. The molecule has 3 rings (SSSR count). The van der Waals surface area contributed by atoms with Crippen LogP contribution in [0.15, 0.2) is 52.1 Å². The van der Waals surface area contributed by atoms with Gasteiger partial charge in [0.15, 0.2) is 0 Å². The lowest BCUT2D eigenvalue weighted by Crippen LogP contribution is -2.13. The zero-order valence-electron chi connectivity index (χ0n) is 15.8. The van der Waals surface area contributed by atoms with E-state index in [-0.39, 0.29) is 16.9 Å². The minimum absolute atomic E-state index is 0.114. The molecule has 0 atom stereocenters. The number of methoxy groups -OCH3 is 2. The third-order valence-corrected chi connectivity index (χ3v) is 4.67. The molecule has 0 fully saturated rings. The standard InChI is InChI=1S/C20H18N4O4S/c1-26-16-9-14(10-17(11-16)27-2)19-23-24-20(28-19)29-12-18(25)22-15-5-3-13(4-6-15)7-8-21/h3-6,9-11H,7,12H2,1-2H3,(H,22,25). The number of benzene rings is 2. The summed E-state index contributed by atoms with van der Waals surface area (Å²) < 4.78 is 16.1. The van der Waals surface area contributed by atoms with Gasteiger partial charge in [0.1, 0.15) is 11.5 Å². The lowest BCUT2D eigenvalue weighted by Gasteiger charge is -2.05. The van der Waals surface area contributed by atoms with Crippen LogP contribution in [-0.2, 0) is 11.2 Å². The van der Waals surface area contributed by atoms with E-state index in [4.69, 9.17) is 19.2 Å². The highest BCUT2D eigenvalue weighted by atomic mass is 32.2. The Kier molecular flexibility index (Phi) is 6.71. The van der Waals surface area contributed by atoms with Crippen molar-refractivity contribution in [3.63, 3.8) is 0 Å². The fraction of sp³-hybridized carbons (Fsp3) is 0.200. The van der Waals surface area contributed by atoms with Gasteiger partial charge >= 0.3 is 0 Å². The Morgan fingerprint density at radius 2 is 1.83 bits per heavy atom. The van der Waals surface area contributed by atoms with Gasteiger partial charge in [-0.1, -0.05) is 23.9 Å². The van der Waals surface area contributed by atoms with Crippen LogP contribution in [0.1, 0.15) is 5.56 Å². The maximum absolute atomic E-state index is 12.1. The van der Waals surface area contributed by atoms with Gasteiger partial charge in [0.25, 0.3) is 5.22 Å². The molecule has 0 aliphatic heterocycles. The van der Waals surface area contributed by atoms with Gasteiger partial charge in [-0.05, 0) is 29.8 Å². The van der Waals surface area contributed by atoms with Crippen molar-refractivity contribution in [2.45, 2.75) is 11.6 Å². The molecule has 1 N–H and O–H groups in total. The smallest absolute Gasteiger partial charge is 0.277 e. The van der Waals surface area contributed by atoms with Crippen LogP contribution < -0.4 is 14.8 Å². The first-order chi connectivity index (χ1) is 14.1. The van der Waals surface area contributed by atoms with Crippen LogP contribution in [0.4, 0.5) is 5.69 Å². The zero-order valence-corrected chi connectivity index (χ0v) is 16.7. The van der Waals surface area contributed by atoms with Gasteiger partial charge in [-0.3, -0.25) is 4.79 Å². The van der Waals surface area contributed by atoms with Gasteiger partial charge in [0.2, 0.25) is 11.8 Å². The summed E-state index contributed by atoms with van der Waals surface area (Å²) in [7, 11) is 3.12. The van der Waals surface area contributed by atoms with Crippen molar-refractivity contribution < 1.29 is 18.7 Å². The molecule has 29 heavy (non-hydrogen) atoms. The summed E-state index contributed by atoms with van der Waals surface area (Å²) in [5, 5.41) is 19.7. The summed E-state index contributed by atoms with van der Waals surface area (Å²) in [6, 6.07) is 14.5. The fourth-order valence-electron chi connectivity index (χ4n) is 2.44. The molecule has 0 unspecified atom stereocenters. The molecule has 0 saturated carbocycles. The molecule has 3 aromatic rings. The van der Waals surface area contributed by atoms with E-state index >= 15 is 0 Å². The summed E-state index contributed by atoms with van der Waals surface area (Å²) in [6.07, 6.45) is 0.336.